The van der Waals surface area contributed by atoms with Crippen LogP contribution in [0.25, 0.3) is 11.0 Å². The summed E-state index contributed by atoms with van der Waals surface area (Å²) in [6.45, 7) is 0. The molecule has 0 saturated carbocycles. The van der Waals surface area contributed by atoms with Gasteiger partial charge in [0.2, 0.25) is 0 Å². The molecule has 0 bridgehead atoms. The van der Waals surface area contributed by atoms with Gasteiger partial charge in [0.15, 0.2) is 5.78 Å². The Morgan fingerprint density at radius 2 is 1.75 bits per heavy atom. The van der Waals surface area contributed by atoms with Crippen LogP contribution in [0.5, 0.6) is 0 Å². The van der Waals surface area contributed by atoms with Crippen molar-refractivity contribution >= 4 is 16.8 Å². The van der Waals surface area contributed by atoms with Crippen molar-refractivity contribution in [1.82, 2.24) is 0 Å². The summed E-state index contributed by atoms with van der Waals surface area (Å²) < 4.78 is 5.37. The molecule has 1 heterocycles. The van der Waals surface area contributed by atoms with Crippen LogP contribution in [0.15, 0.2) is 65.3 Å². The van der Waals surface area contributed by atoms with E-state index in [1.807, 2.05) is 36.4 Å². The van der Waals surface area contributed by atoms with Crippen LogP contribution < -0.4 is 0 Å². The number of hydrogen-bond donors (Lipinski definition) is 0. The second-order valence-electron chi connectivity index (χ2n) is 4.48. The number of hydrogen-bond acceptors (Lipinski definition) is 3. The van der Waals surface area contributed by atoms with E-state index in [1.54, 1.807) is 18.2 Å². The number of para-hydroxylation sites is 1. The monoisotopic (exact) mass is 261 g/mol. The summed E-state index contributed by atoms with van der Waals surface area (Å²) in [7, 11) is 0. The fourth-order valence-corrected chi connectivity index (χ4v) is 2.25. The Labute approximate surface area is 116 Å². The fourth-order valence-electron chi connectivity index (χ4n) is 2.25. The number of benzene rings is 2. The van der Waals surface area contributed by atoms with Crippen LogP contribution in [0.1, 0.15) is 21.8 Å². The van der Waals surface area contributed by atoms with Crippen LogP contribution in [0.4, 0.5) is 0 Å². The number of rotatable bonds is 3. The largest absolute Gasteiger partial charge is 0.464 e. The summed E-state index contributed by atoms with van der Waals surface area (Å²) in [5, 5.41) is 10.1. The van der Waals surface area contributed by atoms with Crippen molar-refractivity contribution in [3.8, 4) is 6.07 Å². The number of ketones is 1. The van der Waals surface area contributed by atoms with Gasteiger partial charge in [-0.05, 0) is 11.6 Å². The molecule has 96 valence electrons. The van der Waals surface area contributed by atoms with Gasteiger partial charge in [0.25, 0.3) is 0 Å². The van der Waals surface area contributed by atoms with Gasteiger partial charge in [-0.15, -0.1) is 0 Å². The third-order valence-corrected chi connectivity index (χ3v) is 3.27. The van der Waals surface area contributed by atoms with Crippen molar-refractivity contribution in [3.05, 3.63) is 72.0 Å². The number of nitrogens with zero attached hydrogens (tertiary/aromatic N) is 1. The Morgan fingerprint density at radius 3 is 2.50 bits per heavy atom. The number of Topliss-reactive ketones (excluding diaryl/α,β-unsaturated/α-hetero) is 1. The first-order valence-electron chi connectivity index (χ1n) is 6.26. The quantitative estimate of drug-likeness (QED) is 0.671. The second kappa shape index (κ2) is 5.02. The van der Waals surface area contributed by atoms with Gasteiger partial charge in [0, 0.05) is 5.39 Å². The molecule has 0 fully saturated rings. The maximum atomic E-state index is 12.6. The molecule has 3 aromatic rings. The molecule has 2 aromatic carbocycles. The van der Waals surface area contributed by atoms with Gasteiger partial charge in [-0.2, -0.15) is 5.26 Å². The number of furan rings is 1. The van der Waals surface area contributed by atoms with Crippen molar-refractivity contribution < 1.29 is 9.21 Å². The summed E-state index contributed by atoms with van der Waals surface area (Å²) >= 11 is 0. The first-order chi connectivity index (χ1) is 9.81. The fraction of sp³-hybridized carbons (Fsp3) is 0.0588. The molecular weight excluding hydrogens is 250 g/mol. The van der Waals surface area contributed by atoms with Gasteiger partial charge < -0.3 is 4.42 Å². The van der Waals surface area contributed by atoms with Crippen molar-refractivity contribution in [2.45, 2.75) is 5.92 Å². The predicted molar refractivity (Wildman–Crippen MR) is 75.3 cm³/mol. The smallest absolute Gasteiger partial charge is 0.188 e. The highest BCUT2D eigenvalue weighted by Gasteiger charge is 2.24. The molecule has 0 saturated heterocycles. The van der Waals surface area contributed by atoms with Crippen LogP contribution in [-0.2, 0) is 0 Å². The molecule has 0 spiro atoms. The topological polar surface area (TPSA) is 54.0 Å². The third kappa shape index (κ3) is 1.98. The van der Waals surface area contributed by atoms with Crippen molar-refractivity contribution in [2.75, 3.05) is 0 Å². The van der Waals surface area contributed by atoms with E-state index in [9.17, 15) is 10.1 Å². The Balaban J connectivity index is 2.06. The standard InChI is InChI=1S/C17H11NO2/c18-10-14(12-6-2-1-3-7-12)17(19)15-11-20-16-9-5-4-8-13(15)16/h1-9,11,14H/t14-/m1/s1. The normalized spacial score (nSPS) is 11.9. The molecular formula is C17H11NO2. The zero-order valence-corrected chi connectivity index (χ0v) is 10.6. The predicted octanol–water partition coefficient (Wildman–Crippen LogP) is 3.92. The van der Waals surface area contributed by atoms with Crippen molar-refractivity contribution in [2.24, 2.45) is 0 Å². The molecule has 0 aliphatic heterocycles. The van der Waals surface area contributed by atoms with E-state index < -0.39 is 5.92 Å². The minimum Gasteiger partial charge on any atom is -0.464 e. The van der Waals surface area contributed by atoms with Gasteiger partial charge in [0.1, 0.15) is 17.8 Å². The van der Waals surface area contributed by atoms with Crippen molar-refractivity contribution in [1.29, 1.82) is 5.26 Å². The van der Waals surface area contributed by atoms with Gasteiger partial charge in [-0.3, -0.25) is 4.79 Å². The molecule has 3 nitrogen and oxygen atoms in total. The van der Waals surface area contributed by atoms with Gasteiger partial charge >= 0.3 is 0 Å². The van der Waals surface area contributed by atoms with Gasteiger partial charge in [-0.25, -0.2) is 0 Å². The number of carbonyl (C=O) groups is 1. The summed E-state index contributed by atoms with van der Waals surface area (Å²) in [5.74, 6) is -1.04. The number of carbonyl (C=O) groups excluding carboxylic acids is 1. The second-order valence-corrected chi connectivity index (χ2v) is 4.48. The number of fused-ring (bicyclic) bond motifs is 1. The summed E-state index contributed by atoms with van der Waals surface area (Å²) in [6, 6.07) is 18.5. The SMILES string of the molecule is N#C[C@@H](C(=O)c1coc2ccccc12)c1ccccc1. The molecule has 0 N–H and O–H groups in total. The van der Waals surface area contributed by atoms with E-state index in [-0.39, 0.29) is 5.78 Å². The molecule has 3 rings (SSSR count). The minimum atomic E-state index is -0.808. The van der Waals surface area contributed by atoms with E-state index in [1.165, 1.54) is 6.26 Å². The highest BCUT2D eigenvalue weighted by Crippen LogP contribution is 2.27. The van der Waals surface area contributed by atoms with E-state index in [2.05, 4.69) is 6.07 Å². The maximum absolute atomic E-state index is 12.6. The van der Waals surface area contributed by atoms with Crippen LogP contribution in [0, 0.1) is 11.3 Å². The molecule has 0 unspecified atom stereocenters. The Morgan fingerprint density at radius 1 is 1.05 bits per heavy atom. The first kappa shape index (κ1) is 12.2. The Hall–Kier alpha value is -2.86. The van der Waals surface area contributed by atoms with E-state index in [4.69, 9.17) is 4.42 Å². The highest BCUT2D eigenvalue weighted by molar-refractivity contribution is 6.11. The average Bonchev–Trinajstić information content (AvgIpc) is 2.93. The molecule has 0 radical (unpaired) electrons. The molecule has 0 amide bonds. The third-order valence-electron chi connectivity index (χ3n) is 3.27. The summed E-state index contributed by atoms with van der Waals surface area (Å²) in [5.41, 5.74) is 1.81. The van der Waals surface area contributed by atoms with Crippen molar-refractivity contribution in [3.63, 3.8) is 0 Å². The molecule has 0 aliphatic rings. The lowest BCUT2D eigenvalue weighted by atomic mass is 9.92. The highest BCUT2D eigenvalue weighted by atomic mass is 16.3. The first-order valence-corrected chi connectivity index (χ1v) is 6.26. The van der Waals surface area contributed by atoms with E-state index in [0.717, 1.165) is 5.39 Å². The zero-order valence-electron chi connectivity index (χ0n) is 10.6. The van der Waals surface area contributed by atoms with Crippen LogP contribution in [-0.4, -0.2) is 5.78 Å². The number of nitriles is 1. The molecule has 20 heavy (non-hydrogen) atoms. The van der Waals surface area contributed by atoms with Gasteiger partial charge in [-0.1, -0.05) is 48.5 Å². The zero-order chi connectivity index (χ0) is 13.9. The summed E-state index contributed by atoms with van der Waals surface area (Å²) in [6.07, 6.45) is 1.43. The van der Waals surface area contributed by atoms with Crippen LogP contribution in [0.3, 0.4) is 0 Å². The Kier molecular flexibility index (Phi) is 3.06. The molecule has 0 aliphatic carbocycles. The lowest BCUT2D eigenvalue weighted by molar-refractivity contribution is 0.0979. The molecule has 3 heteroatoms. The minimum absolute atomic E-state index is 0.233. The maximum Gasteiger partial charge on any atom is 0.188 e. The lowest BCUT2D eigenvalue weighted by Gasteiger charge is -2.07. The van der Waals surface area contributed by atoms with Gasteiger partial charge in [0.05, 0.1) is 11.6 Å². The summed E-state index contributed by atoms with van der Waals surface area (Å²) in [4.78, 5) is 12.6. The molecule has 1 aromatic heterocycles. The lowest BCUT2D eigenvalue weighted by Crippen LogP contribution is -2.10. The average molecular weight is 261 g/mol. The van der Waals surface area contributed by atoms with Crippen LogP contribution in [0.2, 0.25) is 0 Å². The Bertz CT molecular complexity index is 796. The van der Waals surface area contributed by atoms with E-state index in [0.29, 0.717) is 16.7 Å². The molecule has 1 atom stereocenters. The van der Waals surface area contributed by atoms with E-state index >= 15 is 0 Å². The van der Waals surface area contributed by atoms with Crippen LogP contribution >= 0.6 is 0 Å².